The van der Waals surface area contributed by atoms with Crippen molar-refractivity contribution < 1.29 is 0 Å². The smallest absolute Gasteiger partial charge is 0.159 e. The third kappa shape index (κ3) is 3.30. The third-order valence-corrected chi connectivity index (χ3v) is 3.35. The van der Waals surface area contributed by atoms with Crippen LogP contribution in [0.5, 0.6) is 0 Å². The molecule has 2 aromatic rings. The monoisotopic (exact) mass is 290 g/mol. The highest BCUT2D eigenvalue weighted by molar-refractivity contribution is 7.80. The molecule has 0 unspecified atom stereocenters. The number of hydrogen-bond donors (Lipinski definition) is 2. The molecule has 0 aliphatic rings. The SMILES string of the molecule is Cc1nnc(NCCCn2ccnc2)c(C(N)=S)c1C. The van der Waals surface area contributed by atoms with Crippen molar-refractivity contribution in [2.75, 3.05) is 11.9 Å². The number of nitrogens with zero attached hydrogens (tertiary/aromatic N) is 4. The Labute approximate surface area is 123 Å². The molecule has 2 heterocycles. The molecular formula is C13H18N6S. The first-order valence-corrected chi connectivity index (χ1v) is 6.83. The molecule has 0 aliphatic heterocycles. The van der Waals surface area contributed by atoms with E-state index in [1.165, 1.54) is 0 Å². The lowest BCUT2D eigenvalue weighted by Gasteiger charge is -2.13. The molecule has 0 spiro atoms. The van der Waals surface area contributed by atoms with Crippen LogP contribution in [0.25, 0.3) is 0 Å². The van der Waals surface area contributed by atoms with Gasteiger partial charge in [0.25, 0.3) is 0 Å². The number of anilines is 1. The first-order chi connectivity index (χ1) is 9.59. The van der Waals surface area contributed by atoms with Crippen LogP contribution in [-0.2, 0) is 6.54 Å². The number of nitrogens with two attached hydrogens (primary N) is 1. The average Bonchev–Trinajstić information content (AvgIpc) is 2.91. The lowest BCUT2D eigenvalue weighted by atomic mass is 10.1. The van der Waals surface area contributed by atoms with Crippen LogP contribution in [0.4, 0.5) is 5.82 Å². The Kier molecular flexibility index (Phi) is 4.62. The van der Waals surface area contributed by atoms with E-state index in [1.54, 1.807) is 12.5 Å². The summed E-state index contributed by atoms with van der Waals surface area (Å²) in [6.07, 6.45) is 6.46. The molecule has 0 saturated heterocycles. The van der Waals surface area contributed by atoms with Crippen LogP contribution in [0, 0.1) is 13.8 Å². The second kappa shape index (κ2) is 6.42. The predicted octanol–water partition coefficient (Wildman–Crippen LogP) is 1.43. The Balaban J connectivity index is 1.99. The zero-order valence-corrected chi connectivity index (χ0v) is 12.4. The van der Waals surface area contributed by atoms with E-state index in [0.29, 0.717) is 10.8 Å². The minimum absolute atomic E-state index is 0.345. The summed E-state index contributed by atoms with van der Waals surface area (Å²) in [7, 11) is 0. The van der Waals surface area contributed by atoms with Gasteiger partial charge in [-0.1, -0.05) is 12.2 Å². The Bertz CT molecular complexity index is 593. The Hall–Kier alpha value is -2.02. The largest absolute Gasteiger partial charge is 0.389 e. The van der Waals surface area contributed by atoms with Gasteiger partial charge in [0.05, 0.1) is 17.6 Å². The fraction of sp³-hybridized carbons (Fsp3) is 0.385. The second-order valence-electron chi connectivity index (χ2n) is 4.58. The van der Waals surface area contributed by atoms with E-state index >= 15 is 0 Å². The number of aryl methyl sites for hydroxylation is 2. The van der Waals surface area contributed by atoms with Crippen molar-refractivity contribution in [3.05, 3.63) is 35.5 Å². The number of rotatable bonds is 6. The van der Waals surface area contributed by atoms with Gasteiger partial charge in [0.1, 0.15) is 4.99 Å². The van der Waals surface area contributed by atoms with Crippen LogP contribution < -0.4 is 11.1 Å². The van der Waals surface area contributed by atoms with Crippen LogP contribution in [0.3, 0.4) is 0 Å². The summed E-state index contributed by atoms with van der Waals surface area (Å²) >= 11 is 5.10. The first-order valence-electron chi connectivity index (χ1n) is 6.43. The number of thiocarbonyl (C=S) groups is 1. The van der Waals surface area contributed by atoms with Crippen molar-refractivity contribution in [2.45, 2.75) is 26.8 Å². The summed E-state index contributed by atoms with van der Waals surface area (Å²) in [6.45, 7) is 5.51. The van der Waals surface area contributed by atoms with Gasteiger partial charge in [-0.25, -0.2) is 4.98 Å². The van der Waals surface area contributed by atoms with E-state index in [1.807, 2.05) is 24.6 Å². The molecule has 0 atom stereocenters. The van der Waals surface area contributed by atoms with E-state index < -0.39 is 0 Å². The van der Waals surface area contributed by atoms with Gasteiger partial charge in [-0.05, 0) is 25.8 Å². The minimum Gasteiger partial charge on any atom is -0.389 e. The highest BCUT2D eigenvalue weighted by Crippen LogP contribution is 2.18. The highest BCUT2D eigenvalue weighted by atomic mass is 32.1. The average molecular weight is 290 g/mol. The van der Waals surface area contributed by atoms with Gasteiger partial charge in [-0.2, -0.15) is 5.10 Å². The van der Waals surface area contributed by atoms with E-state index in [-0.39, 0.29) is 0 Å². The number of imidazole rings is 1. The van der Waals surface area contributed by atoms with Crippen LogP contribution in [0.1, 0.15) is 23.2 Å². The Morgan fingerprint density at radius 2 is 2.20 bits per heavy atom. The van der Waals surface area contributed by atoms with Gasteiger partial charge in [0.2, 0.25) is 0 Å². The molecule has 0 aromatic carbocycles. The van der Waals surface area contributed by atoms with E-state index in [4.69, 9.17) is 18.0 Å². The van der Waals surface area contributed by atoms with Crippen molar-refractivity contribution in [1.29, 1.82) is 0 Å². The van der Waals surface area contributed by atoms with E-state index in [9.17, 15) is 0 Å². The zero-order chi connectivity index (χ0) is 14.5. The molecule has 2 aromatic heterocycles. The van der Waals surface area contributed by atoms with Gasteiger partial charge < -0.3 is 15.6 Å². The molecule has 0 saturated carbocycles. The van der Waals surface area contributed by atoms with Crippen molar-refractivity contribution >= 4 is 23.0 Å². The maximum absolute atomic E-state index is 5.78. The number of nitrogens with one attached hydrogen (secondary N) is 1. The van der Waals surface area contributed by atoms with Crippen LogP contribution in [0.15, 0.2) is 18.7 Å². The summed E-state index contributed by atoms with van der Waals surface area (Å²) < 4.78 is 2.03. The molecule has 2 rings (SSSR count). The Morgan fingerprint density at radius 1 is 1.40 bits per heavy atom. The fourth-order valence-corrected chi connectivity index (χ4v) is 2.17. The topological polar surface area (TPSA) is 81.7 Å². The molecule has 20 heavy (non-hydrogen) atoms. The molecule has 106 valence electrons. The Morgan fingerprint density at radius 3 is 2.85 bits per heavy atom. The second-order valence-corrected chi connectivity index (χ2v) is 5.02. The van der Waals surface area contributed by atoms with Crippen LogP contribution in [-0.4, -0.2) is 31.3 Å². The van der Waals surface area contributed by atoms with Gasteiger partial charge in [0, 0.05) is 25.5 Å². The molecule has 7 heteroatoms. The summed E-state index contributed by atoms with van der Waals surface area (Å²) in [5, 5.41) is 11.5. The quantitative estimate of drug-likeness (QED) is 0.618. The molecule has 0 aliphatic carbocycles. The van der Waals surface area contributed by atoms with Crippen molar-refractivity contribution in [1.82, 2.24) is 19.7 Å². The summed E-state index contributed by atoms with van der Waals surface area (Å²) in [5.41, 5.74) is 8.38. The lowest BCUT2D eigenvalue weighted by Crippen LogP contribution is -2.19. The highest BCUT2D eigenvalue weighted by Gasteiger charge is 2.12. The maximum atomic E-state index is 5.78. The van der Waals surface area contributed by atoms with Crippen LogP contribution >= 0.6 is 12.2 Å². The fourth-order valence-electron chi connectivity index (χ4n) is 1.92. The van der Waals surface area contributed by atoms with Gasteiger partial charge in [0.15, 0.2) is 5.82 Å². The number of aromatic nitrogens is 4. The maximum Gasteiger partial charge on any atom is 0.159 e. The molecular weight excluding hydrogens is 272 g/mol. The van der Waals surface area contributed by atoms with Gasteiger partial charge in [-0.15, -0.1) is 5.10 Å². The molecule has 6 nitrogen and oxygen atoms in total. The normalized spacial score (nSPS) is 10.5. The molecule has 0 radical (unpaired) electrons. The molecule has 0 bridgehead atoms. The van der Waals surface area contributed by atoms with Crippen molar-refractivity contribution in [3.63, 3.8) is 0 Å². The minimum atomic E-state index is 0.345. The molecule has 0 fully saturated rings. The van der Waals surface area contributed by atoms with E-state index in [0.717, 1.165) is 36.3 Å². The summed E-state index contributed by atoms with van der Waals surface area (Å²) in [4.78, 5) is 4.35. The molecule has 3 N–H and O–H groups in total. The summed E-state index contributed by atoms with van der Waals surface area (Å²) in [6, 6.07) is 0. The summed E-state index contributed by atoms with van der Waals surface area (Å²) in [5.74, 6) is 0.659. The zero-order valence-electron chi connectivity index (χ0n) is 11.6. The number of hydrogen-bond acceptors (Lipinski definition) is 5. The van der Waals surface area contributed by atoms with Crippen LogP contribution in [0.2, 0.25) is 0 Å². The predicted molar refractivity (Wildman–Crippen MR) is 82.7 cm³/mol. The van der Waals surface area contributed by atoms with Gasteiger partial charge >= 0.3 is 0 Å². The van der Waals surface area contributed by atoms with Crippen molar-refractivity contribution in [2.24, 2.45) is 5.73 Å². The molecule has 0 amide bonds. The standard InChI is InChI=1S/C13H18N6S/c1-9-10(2)17-18-13(11(9)12(14)20)16-4-3-6-19-7-5-15-8-19/h5,7-8H,3-4,6H2,1-2H3,(H2,14,20)(H,16,18). The third-order valence-electron chi connectivity index (χ3n) is 3.15. The van der Waals surface area contributed by atoms with Crippen molar-refractivity contribution in [3.8, 4) is 0 Å². The van der Waals surface area contributed by atoms with Gasteiger partial charge in [-0.3, -0.25) is 0 Å². The lowest BCUT2D eigenvalue weighted by molar-refractivity contribution is 0.659. The first kappa shape index (κ1) is 14.4. The van der Waals surface area contributed by atoms with E-state index in [2.05, 4.69) is 20.5 Å².